The first kappa shape index (κ1) is 13.8. The van der Waals surface area contributed by atoms with Crippen LogP contribution in [0.15, 0.2) is 30.5 Å². The van der Waals surface area contributed by atoms with Crippen molar-refractivity contribution >= 4 is 17.5 Å². The van der Waals surface area contributed by atoms with Gasteiger partial charge in [0.2, 0.25) is 5.95 Å². The molecule has 21 heavy (non-hydrogen) atoms. The smallest absolute Gasteiger partial charge is 0.249 e. The number of rotatable bonds is 3. The second-order valence-corrected chi connectivity index (χ2v) is 5.77. The Bertz CT molecular complexity index is 613. The van der Waals surface area contributed by atoms with Crippen molar-refractivity contribution < 1.29 is 0 Å². The van der Waals surface area contributed by atoms with Crippen LogP contribution in [0.4, 0.5) is 17.5 Å². The van der Waals surface area contributed by atoms with Crippen LogP contribution in [0.25, 0.3) is 0 Å². The standard InChI is InChI=1S/C16H21N5/c1-12-6-5-9-21(11-12)15-10-17-20-16(19-15)18-14-8-4-3-7-13(14)2/h3-4,7-8,10,12H,5-6,9,11H2,1-2H3,(H,18,19,20). The van der Waals surface area contributed by atoms with Crippen LogP contribution in [0.3, 0.4) is 0 Å². The lowest BCUT2D eigenvalue weighted by molar-refractivity contribution is 0.444. The van der Waals surface area contributed by atoms with Crippen molar-refractivity contribution in [3.8, 4) is 0 Å². The molecule has 110 valence electrons. The second-order valence-electron chi connectivity index (χ2n) is 5.77. The van der Waals surface area contributed by atoms with E-state index in [9.17, 15) is 0 Å². The van der Waals surface area contributed by atoms with Gasteiger partial charge in [-0.3, -0.25) is 0 Å². The first-order valence-corrected chi connectivity index (χ1v) is 7.49. The molecule has 1 atom stereocenters. The van der Waals surface area contributed by atoms with Gasteiger partial charge in [0.1, 0.15) is 0 Å². The largest absolute Gasteiger partial charge is 0.355 e. The number of nitrogens with zero attached hydrogens (tertiary/aromatic N) is 4. The molecular weight excluding hydrogens is 262 g/mol. The summed E-state index contributed by atoms with van der Waals surface area (Å²) in [7, 11) is 0. The molecule has 1 aliphatic rings. The van der Waals surface area contributed by atoms with E-state index in [0.717, 1.165) is 30.2 Å². The topological polar surface area (TPSA) is 53.9 Å². The fourth-order valence-electron chi connectivity index (χ4n) is 2.73. The Morgan fingerprint density at radius 1 is 1.29 bits per heavy atom. The number of nitrogens with one attached hydrogen (secondary N) is 1. The van der Waals surface area contributed by atoms with Crippen molar-refractivity contribution in [2.75, 3.05) is 23.3 Å². The van der Waals surface area contributed by atoms with Crippen molar-refractivity contribution in [2.24, 2.45) is 5.92 Å². The third-order valence-corrected chi connectivity index (χ3v) is 3.92. The molecule has 2 aromatic rings. The number of para-hydroxylation sites is 1. The van der Waals surface area contributed by atoms with Crippen LogP contribution in [0.2, 0.25) is 0 Å². The van der Waals surface area contributed by atoms with Gasteiger partial charge < -0.3 is 10.2 Å². The van der Waals surface area contributed by atoms with Crippen molar-refractivity contribution in [3.63, 3.8) is 0 Å². The van der Waals surface area contributed by atoms with Crippen LogP contribution in [0.5, 0.6) is 0 Å². The van der Waals surface area contributed by atoms with E-state index < -0.39 is 0 Å². The van der Waals surface area contributed by atoms with Gasteiger partial charge in [-0.1, -0.05) is 25.1 Å². The van der Waals surface area contributed by atoms with Crippen LogP contribution < -0.4 is 10.2 Å². The van der Waals surface area contributed by atoms with E-state index in [1.807, 2.05) is 18.2 Å². The second kappa shape index (κ2) is 6.08. The molecule has 3 rings (SSSR count). The van der Waals surface area contributed by atoms with Gasteiger partial charge in [-0.2, -0.15) is 10.1 Å². The Balaban J connectivity index is 1.78. The number of anilines is 3. The highest BCUT2D eigenvalue weighted by molar-refractivity contribution is 5.58. The summed E-state index contributed by atoms with van der Waals surface area (Å²) < 4.78 is 0. The normalized spacial score (nSPS) is 18.6. The Morgan fingerprint density at radius 3 is 2.95 bits per heavy atom. The van der Waals surface area contributed by atoms with E-state index in [1.165, 1.54) is 12.8 Å². The summed E-state index contributed by atoms with van der Waals surface area (Å²) in [4.78, 5) is 6.91. The van der Waals surface area contributed by atoms with Gasteiger partial charge in [-0.05, 0) is 37.3 Å². The average Bonchev–Trinajstić information content (AvgIpc) is 2.50. The third-order valence-electron chi connectivity index (χ3n) is 3.92. The van der Waals surface area contributed by atoms with Crippen LogP contribution in [-0.4, -0.2) is 28.3 Å². The number of hydrogen-bond donors (Lipinski definition) is 1. The highest BCUT2D eigenvalue weighted by atomic mass is 15.3. The van der Waals surface area contributed by atoms with Gasteiger partial charge >= 0.3 is 0 Å². The Morgan fingerprint density at radius 2 is 2.14 bits per heavy atom. The Hall–Kier alpha value is -2.17. The molecule has 1 fully saturated rings. The number of benzene rings is 1. The molecule has 1 saturated heterocycles. The van der Waals surface area contributed by atoms with Crippen LogP contribution in [0.1, 0.15) is 25.3 Å². The molecule has 1 unspecified atom stereocenters. The monoisotopic (exact) mass is 283 g/mol. The number of hydrogen-bond acceptors (Lipinski definition) is 5. The maximum absolute atomic E-state index is 4.61. The summed E-state index contributed by atoms with van der Waals surface area (Å²) in [5, 5.41) is 11.4. The number of piperidine rings is 1. The van der Waals surface area contributed by atoms with Crippen LogP contribution in [0, 0.1) is 12.8 Å². The Kier molecular flexibility index (Phi) is 3.99. The number of aryl methyl sites for hydroxylation is 1. The zero-order chi connectivity index (χ0) is 14.7. The predicted octanol–water partition coefficient (Wildman–Crippen LogP) is 3.16. The van der Waals surface area contributed by atoms with E-state index >= 15 is 0 Å². The van der Waals surface area contributed by atoms with Gasteiger partial charge in [-0.15, -0.1) is 5.10 Å². The lowest BCUT2D eigenvalue weighted by atomic mass is 10.0. The highest BCUT2D eigenvalue weighted by Gasteiger charge is 2.18. The van der Waals surface area contributed by atoms with Gasteiger partial charge in [0.25, 0.3) is 0 Å². The fourth-order valence-corrected chi connectivity index (χ4v) is 2.73. The van der Waals surface area contributed by atoms with E-state index in [2.05, 4.69) is 45.3 Å². The fraction of sp³-hybridized carbons (Fsp3) is 0.438. The summed E-state index contributed by atoms with van der Waals surface area (Å²) in [6, 6.07) is 8.10. The highest BCUT2D eigenvalue weighted by Crippen LogP contribution is 2.22. The van der Waals surface area contributed by atoms with Crippen molar-refractivity contribution in [3.05, 3.63) is 36.0 Å². The molecule has 1 aromatic heterocycles. The van der Waals surface area contributed by atoms with E-state index in [-0.39, 0.29) is 0 Å². The van der Waals surface area contributed by atoms with Crippen molar-refractivity contribution in [2.45, 2.75) is 26.7 Å². The molecule has 0 aliphatic carbocycles. The van der Waals surface area contributed by atoms with E-state index in [4.69, 9.17) is 0 Å². The first-order chi connectivity index (χ1) is 10.2. The SMILES string of the molecule is Cc1ccccc1Nc1nncc(N2CCCC(C)C2)n1. The molecule has 0 saturated carbocycles. The van der Waals surface area contributed by atoms with Crippen LogP contribution in [-0.2, 0) is 0 Å². The van der Waals surface area contributed by atoms with Crippen LogP contribution >= 0.6 is 0 Å². The molecule has 2 heterocycles. The summed E-state index contributed by atoms with van der Waals surface area (Å²) in [6.07, 6.45) is 4.26. The zero-order valence-electron chi connectivity index (χ0n) is 12.6. The minimum absolute atomic E-state index is 0.556. The van der Waals surface area contributed by atoms with E-state index in [0.29, 0.717) is 11.9 Å². The third kappa shape index (κ3) is 3.29. The quantitative estimate of drug-likeness (QED) is 0.937. The predicted molar refractivity (Wildman–Crippen MR) is 84.9 cm³/mol. The molecule has 0 spiro atoms. The summed E-state index contributed by atoms with van der Waals surface area (Å²) in [5.74, 6) is 2.18. The molecule has 1 N–H and O–H groups in total. The summed E-state index contributed by atoms with van der Waals surface area (Å²) in [5.41, 5.74) is 2.18. The van der Waals surface area contributed by atoms with Gasteiger partial charge in [-0.25, -0.2) is 0 Å². The molecule has 1 aromatic carbocycles. The van der Waals surface area contributed by atoms with Gasteiger partial charge in [0.05, 0.1) is 6.20 Å². The molecular formula is C16H21N5. The van der Waals surface area contributed by atoms with Gasteiger partial charge in [0, 0.05) is 18.8 Å². The van der Waals surface area contributed by atoms with E-state index in [1.54, 1.807) is 6.20 Å². The minimum atomic E-state index is 0.556. The minimum Gasteiger partial charge on any atom is -0.355 e. The molecule has 1 aliphatic heterocycles. The van der Waals surface area contributed by atoms with Crippen molar-refractivity contribution in [1.29, 1.82) is 0 Å². The maximum Gasteiger partial charge on any atom is 0.249 e. The zero-order valence-corrected chi connectivity index (χ0v) is 12.6. The maximum atomic E-state index is 4.61. The first-order valence-electron chi connectivity index (χ1n) is 7.49. The van der Waals surface area contributed by atoms with Crippen molar-refractivity contribution in [1.82, 2.24) is 15.2 Å². The van der Waals surface area contributed by atoms with Gasteiger partial charge in [0.15, 0.2) is 5.82 Å². The average molecular weight is 283 g/mol. The summed E-state index contributed by atoms with van der Waals surface area (Å²) in [6.45, 7) is 6.44. The molecule has 5 heteroatoms. The summed E-state index contributed by atoms with van der Waals surface area (Å²) >= 11 is 0. The molecule has 5 nitrogen and oxygen atoms in total. The molecule has 0 radical (unpaired) electrons. The Labute approximate surface area is 125 Å². The lowest BCUT2D eigenvalue weighted by Crippen LogP contribution is -2.35. The lowest BCUT2D eigenvalue weighted by Gasteiger charge is -2.31. The number of aromatic nitrogens is 3. The molecule has 0 bridgehead atoms. The molecule has 0 amide bonds.